The fourth-order valence-electron chi connectivity index (χ4n) is 4.42. The minimum Gasteiger partial charge on any atom is -0.404 e. The van der Waals surface area contributed by atoms with Crippen molar-refractivity contribution in [1.82, 2.24) is 30.0 Å². The van der Waals surface area contributed by atoms with Crippen molar-refractivity contribution in [2.24, 2.45) is 0 Å². The van der Waals surface area contributed by atoms with Crippen LogP contribution in [-0.4, -0.2) is 86.8 Å². The molecular formula is C24H25F3N8O3S. The van der Waals surface area contributed by atoms with Crippen LogP contribution < -0.4 is 15.8 Å². The maximum Gasteiger partial charge on any atom is 0.573 e. The number of hydrogen-bond acceptors (Lipinski definition) is 11. The van der Waals surface area contributed by atoms with E-state index in [0.29, 0.717) is 41.5 Å². The highest BCUT2D eigenvalue weighted by Crippen LogP contribution is 2.44. The first-order valence-electron chi connectivity index (χ1n) is 12.1. The minimum atomic E-state index is -4.98. The quantitative estimate of drug-likeness (QED) is 0.394. The minimum absolute atomic E-state index is 0.0943. The predicted molar refractivity (Wildman–Crippen MR) is 136 cm³/mol. The zero-order valence-corrected chi connectivity index (χ0v) is 21.7. The number of rotatable bonds is 8. The van der Waals surface area contributed by atoms with Gasteiger partial charge in [0.1, 0.15) is 10.5 Å². The number of hydrogen-bond donors (Lipinski definition) is 2. The standard InChI is InChI=1S/C24H25F3N8O3S/c1-34-6-8-35(9-7-34)23(4-5-23)21(37)31-16-10-14(2-3-18(16)38-24(25,26)27)17(36)11-19-32-33-20(39-19)15-12-29-22(28)30-13-15/h2-3,10,12-13H,4-9,11H2,1H3,(H,31,37)(H2,28,29,30). The molecule has 1 aliphatic carbocycles. The van der Waals surface area contributed by atoms with Crippen LogP contribution >= 0.6 is 11.3 Å². The van der Waals surface area contributed by atoms with E-state index in [9.17, 15) is 22.8 Å². The van der Waals surface area contributed by atoms with E-state index in [-0.39, 0.29) is 23.6 Å². The summed E-state index contributed by atoms with van der Waals surface area (Å²) in [6, 6.07) is 3.46. The first-order chi connectivity index (χ1) is 18.5. The SMILES string of the molecule is CN1CCN(C2(C(=O)Nc3cc(C(=O)Cc4nnc(-c5cnc(N)nc5)s4)ccc3OC(F)(F)F)CC2)CC1. The van der Waals surface area contributed by atoms with Crippen LogP contribution in [0.15, 0.2) is 30.6 Å². The normalized spacial score (nSPS) is 17.5. The predicted octanol–water partition coefficient (Wildman–Crippen LogP) is 2.62. The highest BCUT2D eigenvalue weighted by molar-refractivity contribution is 7.14. The lowest BCUT2D eigenvalue weighted by molar-refractivity contribution is -0.274. The van der Waals surface area contributed by atoms with Gasteiger partial charge in [-0.15, -0.1) is 23.4 Å². The molecule has 1 saturated heterocycles. The Bertz CT molecular complexity index is 1370. The molecule has 0 radical (unpaired) electrons. The van der Waals surface area contributed by atoms with Crippen LogP contribution in [0.1, 0.15) is 28.2 Å². The number of Topliss-reactive ketones (excluding diaryl/α,β-unsaturated/α-hetero) is 1. The average Bonchev–Trinajstić information content (AvgIpc) is 3.57. The van der Waals surface area contributed by atoms with Gasteiger partial charge in [-0.3, -0.25) is 14.5 Å². The molecule has 5 rings (SSSR count). The van der Waals surface area contributed by atoms with Crippen LogP contribution in [0.2, 0.25) is 0 Å². The van der Waals surface area contributed by atoms with Crippen LogP contribution in [-0.2, 0) is 11.2 Å². The fourth-order valence-corrected chi connectivity index (χ4v) is 5.24. The first kappa shape index (κ1) is 26.9. The van der Waals surface area contributed by atoms with Crippen molar-refractivity contribution in [2.75, 3.05) is 44.3 Å². The van der Waals surface area contributed by atoms with Gasteiger partial charge in [-0.2, -0.15) is 0 Å². The monoisotopic (exact) mass is 562 g/mol. The Balaban J connectivity index is 1.34. The van der Waals surface area contributed by atoms with E-state index in [1.165, 1.54) is 24.5 Å². The summed E-state index contributed by atoms with van der Waals surface area (Å²) < 4.78 is 43.5. The van der Waals surface area contributed by atoms with Gasteiger partial charge in [0, 0.05) is 49.7 Å². The van der Waals surface area contributed by atoms with Crippen LogP contribution in [0.25, 0.3) is 10.6 Å². The third-order valence-electron chi connectivity index (χ3n) is 6.73. The number of alkyl halides is 3. The van der Waals surface area contributed by atoms with Crippen molar-refractivity contribution in [1.29, 1.82) is 0 Å². The van der Waals surface area contributed by atoms with Gasteiger partial charge in [0.05, 0.1) is 12.1 Å². The summed E-state index contributed by atoms with van der Waals surface area (Å²) in [4.78, 5) is 38.4. The molecule has 3 heterocycles. The molecule has 0 spiro atoms. The molecule has 2 aliphatic rings. The number of amides is 1. The molecule has 0 unspecified atom stereocenters. The summed E-state index contributed by atoms with van der Waals surface area (Å²) in [5.74, 6) is -1.32. The molecule has 3 N–H and O–H groups in total. The van der Waals surface area contributed by atoms with E-state index in [1.54, 1.807) is 0 Å². The van der Waals surface area contributed by atoms with Crippen molar-refractivity contribution in [3.05, 3.63) is 41.2 Å². The number of carbonyl (C=O) groups is 2. The lowest BCUT2D eigenvalue weighted by Gasteiger charge is -2.37. The van der Waals surface area contributed by atoms with Gasteiger partial charge in [0.15, 0.2) is 16.5 Å². The summed E-state index contributed by atoms with van der Waals surface area (Å²) >= 11 is 1.15. The molecule has 39 heavy (non-hydrogen) atoms. The number of likely N-dealkylation sites (N-methyl/N-ethyl adjacent to an activating group) is 1. The fraction of sp³-hybridized carbons (Fsp3) is 0.417. The molecule has 1 saturated carbocycles. The van der Waals surface area contributed by atoms with Gasteiger partial charge in [0.25, 0.3) is 0 Å². The number of nitrogens with zero attached hydrogens (tertiary/aromatic N) is 6. The number of piperazine rings is 1. The Morgan fingerprint density at radius 3 is 2.46 bits per heavy atom. The number of benzene rings is 1. The summed E-state index contributed by atoms with van der Waals surface area (Å²) in [6.07, 6.45) is -0.945. The molecule has 15 heteroatoms. The Morgan fingerprint density at radius 1 is 1.13 bits per heavy atom. The summed E-state index contributed by atoms with van der Waals surface area (Å²) in [7, 11) is 2.00. The summed E-state index contributed by atoms with van der Waals surface area (Å²) in [6.45, 7) is 2.95. The Morgan fingerprint density at radius 2 is 1.82 bits per heavy atom. The molecule has 11 nitrogen and oxygen atoms in total. The number of nitrogen functional groups attached to an aromatic ring is 1. The topological polar surface area (TPSA) is 139 Å². The van der Waals surface area contributed by atoms with E-state index < -0.39 is 29.3 Å². The number of carbonyl (C=O) groups excluding carboxylic acids is 2. The number of nitrogens with one attached hydrogen (secondary N) is 1. The van der Waals surface area contributed by atoms with Gasteiger partial charge >= 0.3 is 6.36 Å². The Hall–Kier alpha value is -3.69. The average molecular weight is 563 g/mol. The highest BCUT2D eigenvalue weighted by atomic mass is 32.1. The van der Waals surface area contributed by atoms with Crippen LogP contribution in [0.4, 0.5) is 24.8 Å². The highest BCUT2D eigenvalue weighted by Gasteiger charge is 2.55. The second-order valence-electron chi connectivity index (χ2n) is 9.47. The smallest absolute Gasteiger partial charge is 0.404 e. The first-order valence-corrected chi connectivity index (χ1v) is 12.9. The molecular weight excluding hydrogens is 537 g/mol. The third kappa shape index (κ3) is 6.15. The molecule has 2 aromatic heterocycles. The number of aromatic nitrogens is 4. The van der Waals surface area contributed by atoms with Gasteiger partial charge in [-0.25, -0.2) is 9.97 Å². The van der Waals surface area contributed by atoms with Crippen molar-refractivity contribution in [2.45, 2.75) is 31.2 Å². The van der Waals surface area contributed by atoms with Gasteiger partial charge < -0.3 is 20.7 Å². The number of anilines is 2. The van der Waals surface area contributed by atoms with Crippen molar-refractivity contribution in [3.63, 3.8) is 0 Å². The second kappa shape index (κ2) is 10.5. The molecule has 206 valence electrons. The molecule has 0 atom stereocenters. The Labute approximate surface area is 225 Å². The molecule has 1 aliphatic heterocycles. The number of ether oxygens (including phenoxy) is 1. The molecule has 3 aromatic rings. The van der Waals surface area contributed by atoms with E-state index >= 15 is 0 Å². The Kier molecular flexibility index (Phi) is 7.22. The number of halogens is 3. The number of nitrogens with two attached hydrogens (primary N) is 1. The van der Waals surface area contributed by atoms with Crippen LogP contribution in [0.3, 0.4) is 0 Å². The third-order valence-corrected chi connectivity index (χ3v) is 7.70. The van der Waals surface area contributed by atoms with E-state index in [0.717, 1.165) is 30.5 Å². The molecule has 1 amide bonds. The van der Waals surface area contributed by atoms with Crippen molar-refractivity contribution < 1.29 is 27.5 Å². The second-order valence-corrected chi connectivity index (χ2v) is 10.5. The maximum atomic E-state index is 13.3. The van der Waals surface area contributed by atoms with Gasteiger partial charge in [0.2, 0.25) is 11.9 Å². The summed E-state index contributed by atoms with van der Waals surface area (Å²) in [5, 5.41) is 11.6. The van der Waals surface area contributed by atoms with Gasteiger partial charge in [-0.05, 0) is 38.1 Å². The van der Waals surface area contributed by atoms with E-state index in [2.05, 4.69) is 40.0 Å². The van der Waals surface area contributed by atoms with Crippen LogP contribution in [0.5, 0.6) is 5.75 Å². The molecule has 0 bridgehead atoms. The molecule has 1 aromatic carbocycles. The number of ketones is 1. The van der Waals surface area contributed by atoms with Gasteiger partial charge in [-0.1, -0.05) is 11.3 Å². The zero-order valence-electron chi connectivity index (χ0n) is 20.9. The molecule has 2 fully saturated rings. The van der Waals surface area contributed by atoms with Crippen molar-refractivity contribution in [3.8, 4) is 16.3 Å². The largest absolute Gasteiger partial charge is 0.573 e. The van der Waals surface area contributed by atoms with E-state index in [1.807, 2.05) is 7.05 Å². The lowest BCUT2D eigenvalue weighted by Crippen LogP contribution is -2.54. The van der Waals surface area contributed by atoms with Crippen molar-refractivity contribution >= 4 is 34.7 Å². The van der Waals surface area contributed by atoms with E-state index in [4.69, 9.17) is 5.73 Å². The lowest BCUT2D eigenvalue weighted by atomic mass is 10.1. The summed E-state index contributed by atoms with van der Waals surface area (Å²) in [5.41, 5.74) is 5.17. The van der Waals surface area contributed by atoms with Crippen LogP contribution in [0, 0.1) is 0 Å². The maximum absolute atomic E-state index is 13.3. The zero-order chi connectivity index (χ0) is 27.8.